The third-order valence-electron chi connectivity index (χ3n) is 5.62. The van der Waals surface area contributed by atoms with E-state index in [1.165, 1.54) is 6.92 Å². The largest absolute Gasteiger partial charge is 0.493 e. The topological polar surface area (TPSA) is 66.8 Å². The molecule has 6 heteroatoms. The van der Waals surface area contributed by atoms with Gasteiger partial charge in [0.25, 0.3) is 0 Å². The van der Waals surface area contributed by atoms with E-state index in [4.69, 9.17) is 14.2 Å². The zero-order chi connectivity index (χ0) is 22.1. The summed E-state index contributed by atoms with van der Waals surface area (Å²) in [6, 6.07) is 5.62. The van der Waals surface area contributed by atoms with Crippen molar-refractivity contribution in [1.82, 2.24) is 4.57 Å². The van der Waals surface area contributed by atoms with E-state index in [1.54, 1.807) is 26.5 Å². The standard InChI is InChI=1S/C24H31NO5/c1-15(26)18-14-25-19(13-20(18)27)17-12-21(29-6)22(30-9-7-8-28-5)10-16(17)11-23(25)24(2,3)4/h10,12-14,23H,7-9,11H2,1-6H3/t23-/m0/s1. The fraction of sp³-hybridized carbons (Fsp3) is 0.500. The van der Waals surface area contributed by atoms with Crippen LogP contribution in [0.3, 0.4) is 0 Å². The highest BCUT2D eigenvalue weighted by Crippen LogP contribution is 2.45. The summed E-state index contributed by atoms with van der Waals surface area (Å²) in [6.45, 7) is 9.11. The first-order valence-corrected chi connectivity index (χ1v) is 10.3. The Morgan fingerprint density at radius 3 is 2.47 bits per heavy atom. The molecule has 2 heterocycles. The fourth-order valence-electron chi connectivity index (χ4n) is 3.98. The Bertz CT molecular complexity index is 1000. The van der Waals surface area contributed by atoms with Crippen molar-refractivity contribution >= 4 is 5.78 Å². The maximum absolute atomic E-state index is 12.6. The second-order valence-electron chi connectivity index (χ2n) is 8.84. The van der Waals surface area contributed by atoms with E-state index in [-0.39, 0.29) is 28.2 Å². The molecule has 0 unspecified atom stereocenters. The molecule has 162 valence electrons. The Morgan fingerprint density at radius 1 is 1.13 bits per heavy atom. The minimum atomic E-state index is -0.256. The number of carbonyl (C=O) groups excluding carboxylic acids is 1. The number of hydrogen-bond acceptors (Lipinski definition) is 5. The van der Waals surface area contributed by atoms with Gasteiger partial charge < -0.3 is 18.8 Å². The van der Waals surface area contributed by atoms with Crippen LogP contribution in [0.2, 0.25) is 0 Å². The highest BCUT2D eigenvalue weighted by Gasteiger charge is 2.34. The summed E-state index contributed by atoms with van der Waals surface area (Å²) < 4.78 is 18.7. The Balaban J connectivity index is 2.14. The van der Waals surface area contributed by atoms with Crippen molar-refractivity contribution in [3.8, 4) is 22.8 Å². The smallest absolute Gasteiger partial charge is 0.192 e. The van der Waals surface area contributed by atoms with Crippen LogP contribution in [-0.2, 0) is 11.2 Å². The van der Waals surface area contributed by atoms with E-state index >= 15 is 0 Å². The molecule has 0 bridgehead atoms. The van der Waals surface area contributed by atoms with Crippen LogP contribution in [0.5, 0.6) is 11.5 Å². The molecular formula is C24H31NO5. The lowest BCUT2D eigenvalue weighted by atomic mass is 9.78. The molecule has 0 saturated heterocycles. The molecule has 1 atom stereocenters. The number of hydrogen-bond donors (Lipinski definition) is 0. The van der Waals surface area contributed by atoms with Crippen LogP contribution in [0.4, 0.5) is 0 Å². The highest BCUT2D eigenvalue weighted by atomic mass is 16.5. The Labute approximate surface area is 177 Å². The summed E-state index contributed by atoms with van der Waals surface area (Å²) in [7, 11) is 3.28. The Morgan fingerprint density at radius 2 is 1.87 bits per heavy atom. The first-order chi connectivity index (χ1) is 14.2. The van der Waals surface area contributed by atoms with Crippen LogP contribution in [0.25, 0.3) is 11.3 Å². The van der Waals surface area contributed by atoms with Crippen molar-refractivity contribution in [2.45, 2.75) is 46.6 Å². The third-order valence-corrected chi connectivity index (χ3v) is 5.62. The number of ether oxygens (including phenoxy) is 3. The summed E-state index contributed by atoms with van der Waals surface area (Å²) in [4.78, 5) is 24.6. The maximum Gasteiger partial charge on any atom is 0.192 e. The second kappa shape index (κ2) is 8.64. The zero-order valence-electron chi connectivity index (χ0n) is 18.7. The van der Waals surface area contributed by atoms with Gasteiger partial charge in [0.05, 0.1) is 25.0 Å². The van der Waals surface area contributed by atoms with Gasteiger partial charge >= 0.3 is 0 Å². The first kappa shape index (κ1) is 22.1. The number of rotatable bonds is 7. The van der Waals surface area contributed by atoms with Crippen LogP contribution in [0.1, 0.15) is 56.1 Å². The van der Waals surface area contributed by atoms with Gasteiger partial charge in [-0.05, 0) is 36.5 Å². The van der Waals surface area contributed by atoms with Crippen molar-refractivity contribution < 1.29 is 19.0 Å². The molecule has 0 saturated carbocycles. The highest BCUT2D eigenvalue weighted by molar-refractivity contribution is 5.94. The van der Waals surface area contributed by atoms with Crippen LogP contribution < -0.4 is 14.9 Å². The van der Waals surface area contributed by atoms with E-state index in [2.05, 4.69) is 25.3 Å². The molecule has 6 nitrogen and oxygen atoms in total. The van der Waals surface area contributed by atoms with Gasteiger partial charge in [0.15, 0.2) is 22.7 Å². The van der Waals surface area contributed by atoms with Gasteiger partial charge in [-0.3, -0.25) is 9.59 Å². The fourth-order valence-corrected chi connectivity index (χ4v) is 3.98. The van der Waals surface area contributed by atoms with Crippen LogP contribution in [0.15, 0.2) is 29.2 Å². The minimum Gasteiger partial charge on any atom is -0.493 e. The number of carbonyl (C=O) groups is 1. The molecule has 1 aromatic carbocycles. The summed E-state index contributed by atoms with van der Waals surface area (Å²) in [5.74, 6) is 1.09. The summed E-state index contributed by atoms with van der Waals surface area (Å²) in [6.07, 6.45) is 3.28. The minimum absolute atomic E-state index is 0.0744. The molecule has 0 fully saturated rings. The van der Waals surface area contributed by atoms with Crippen LogP contribution in [0, 0.1) is 5.41 Å². The van der Waals surface area contributed by atoms with E-state index in [9.17, 15) is 9.59 Å². The van der Waals surface area contributed by atoms with Crippen molar-refractivity contribution in [2.75, 3.05) is 27.4 Å². The van der Waals surface area contributed by atoms with Gasteiger partial charge in [0, 0.05) is 44.0 Å². The van der Waals surface area contributed by atoms with Crippen molar-refractivity contribution in [2.24, 2.45) is 5.41 Å². The average molecular weight is 414 g/mol. The van der Waals surface area contributed by atoms with Gasteiger partial charge in [-0.2, -0.15) is 0 Å². The molecule has 1 aliphatic rings. The molecule has 0 amide bonds. The lowest BCUT2D eigenvalue weighted by molar-refractivity contribution is 0.101. The van der Waals surface area contributed by atoms with Gasteiger partial charge in [0.1, 0.15) is 0 Å². The average Bonchev–Trinajstić information content (AvgIpc) is 2.68. The molecule has 3 rings (SSSR count). The SMILES string of the molecule is COCCCOc1cc2c(cc1OC)-c1cc(=O)c(C(C)=O)cn1[C@H](C(C)(C)C)C2. The van der Waals surface area contributed by atoms with Crippen molar-refractivity contribution in [1.29, 1.82) is 0 Å². The van der Waals surface area contributed by atoms with Gasteiger partial charge in [-0.1, -0.05) is 20.8 Å². The number of benzene rings is 1. The van der Waals surface area contributed by atoms with Gasteiger partial charge in [-0.25, -0.2) is 0 Å². The number of Topliss-reactive ketones (excluding diaryl/α,β-unsaturated/α-hetero) is 1. The van der Waals surface area contributed by atoms with E-state index in [0.717, 1.165) is 29.7 Å². The maximum atomic E-state index is 12.6. The molecule has 1 aliphatic heterocycles. The lowest BCUT2D eigenvalue weighted by Gasteiger charge is -2.39. The van der Waals surface area contributed by atoms with Crippen molar-refractivity contribution in [3.63, 3.8) is 0 Å². The van der Waals surface area contributed by atoms with Gasteiger partial charge in [-0.15, -0.1) is 0 Å². The summed E-state index contributed by atoms with van der Waals surface area (Å²) in [5, 5.41) is 0. The number of pyridine rings is 1. The van der Waals surface area contributed by atoms with E-state index < -0.39 is 0 Å². The monoisotopic (exact) mass is 413 g/mol. The molecule has 1 aromatic heterocycles. The Hall–Kier alpha value is -2.60. The molecule has 0 radical (unpaired) electrons. The van der Waals surface area contributed by atoms with E-state index in [1.807, 2.05) is 12.1 Å². The molecule has 0 aliphatic carbocycles. The molecule has 2 aromatic rings. The summed E-state index contributed by atoms with van der Waals surface area (Å²) >= 11 is 0. The molecule has 30 heavy (non-hydrogen) atoms. The van der Waals surface area contributed by atoms with E-state index in [0.29, 0.717) is 24.7 Å². The number of methoxy groups -OCH3 is 2. The van der Waals surface area contributed by atoms with Crippen molar-refractivity contribution in [3.05, 3.63) is 45.7 Å². The zero-order valence-corrected chi connectivity index (χ0v) is 18.7. The molecular weight excluding hydrogens is 382 g/mol. The Kier molecular flexibility index (Phi) is 6.36. The molecule has 0 N–H and O–H groups in total. The van der Waals surface area contributed by atoms with Gasteiger partial charge in [0.2, 0.25) is 0 Å². The number of fused-ring (bicyclic) bond motifs is 3. The predicted octanol–water partition coefficient (Wildman–Crippen LogP) is 4.29. The van der Waals surface area contributed by atoms with Crippen LogP contribution >= 0.6 is 0 Å². The number of aromatic nitrogens is 1. The summed E-state index contributed by atoms with van der Waals surface area (Å²) in [5.41, 5.74) is 2.73. The number of ketones is 1. The molecule has 0 spiro atoms. The van der Waals surface area contributed by atoms with Crippen LogP contribution in [-0.4, -0.2) is 37.8 Å². The lowest BCUT2D eigenvalue weighted by Crippen LogP contribution is -2.32. The predicted molar refractivity (Wildman–Crippen MR) is 117 cm³/mol. The first-order valence-electron chi connectivity index (χ1n) is 10.3. The number of nitrogens with zero attached hydrogens (tertiary/aromatic N) is 1. The quantitative estimate of drug-likeness (QED) is 0.501. The second-order valence-corrected chi connectivity index (χ2v) is 8.84. The normalized spacial score (nSPS) is 15.3. The third kappa shape index (κ3) is 4.29.